The summed E-state index contributed by atoms with van der Waals surface area (Å²) in [6, 6.07) is 11.1. The van der Waals surface area contributed by atoms with Crippen LogP contribution in [0.3, 0.4) is 0 Å². The van der Waals surface area contributed by atoms with Crippen molar-refractivity contribution in [3.63, 3.8) is 0 Å². The van der Waals surface area contributed by atoms with E-state index in [0.717, 1.165) is 29.8 Å². The number of rotatable bonds is 6. The number of benzene rings is 1. The van der Waals surface area contributed by atoms with E-state index in [0.29, 0.717) is 36.0 Å². The molecule has 0 N–H and O–H groups in total. The van der Waals surface area contributed by atoms with Crippen molar-refractivity contribution >= 4 is 5.91 Å². The Kier molecular flexibility index (Phi) is 6.38. The van der Waals surface area contributed by atoms with Crippen LogP contribution in [0, 0.1) is 0 Å². The highest BCUT2D eigenvalue weighted by Crippen LogP contribution is 2.36. The first-order valence-corrected chi connectivity index (χ1v) is 11.5. The number of aromatic nitrogens is 5. The first-order chi connectivity index (χ1) is 17.1. The lowest BCUT2D eigenvalue weighted by Gasteiger charge is -2.32. The van der Waals surface area contributed by atoms with Crippen LogP contribution in [0.15, 0.2) is 67.4 Å². The van der Waals surface area contributed by atoms with E-state index in [1.165, 1.54) is 0 Å². The number of hydrogen-bond acceptors (Lipinski definition) is 7. The van der Waals surface area contributed by atoms with Crippen molar-refractivity contribution in [2.45, 2.75) is 18.8 Å². The zero-order valence-corrected chi connectivity index (χ0v) is 19.7. The number of carbonyl (C=O) groups excluding carboxylic acids is 1. The van der Waals surface area contributed by atoms with Gasteiger partial charge < -0.3 is 14.4 Å². The third-order valence-electron chi connectivity index (χ3n) is 6.07. The zero-order chi connectivity index (χ0) is 24.2. The van der Waals surface area contributed by atoms with Gasteiger partial charge in [0.2, 0.25) is 5.88 Å². The molecule has 1 aliphatic heterocycles. The number of hydrogen-bond donors (Lipinski definition) is 0. The number of methoxy groups -OCH3 is 1. The lowest BCUT2D eigenvalue weighted by Crippen LogP contribution is -2.39. The quantitative estimate of drug-likeness (QED) is 0.419. The zero-order valence-electron chi connectivity index (χ0n) is 19.7. The molecule has 1 aromatic carbocycles. The van der Waals surface area contributed by atoms with Gasteiger partial charge in [-0.05, 0) is 37.1 Å². The first-order valence-electron chi connectivity index (χ1n) is 11.5. The molecule has 178 valence electrons. The Morgan fingerprint density at radius 3 is 2.60 bits per heavy atom. The summed E-state index contributed by atoms with van der Waals surface area (Å²) in [5, 5.41) is 4.18. The molecule has 4 aromatic rings. The minimum absolute atomic E-state index is 0.00809. The SMILES string of the molecule is COc1ccccc1Oc1nccnc1C1CCCN(C(=O)c2ccc(-c3cnn(C)c3)nc2)C1. The van der Waals surface area contributed by atoms with Gasteiger partial charge in [-0.3, -0.25) is 19.4 Å². The molecule has 1 fully saturated rings. The number of amides is 1. The van der Waals surface area contributed by atoms with E-state index < -0.39 is 0 Å². The third kappa shape index (κ3) is 4.84. The normalized spacial score (nSPS) is 15.6. The molecule has 0 saturated carbocycles. The monoisotopic (exact) mass is 470 g/mol. The van der Waals surface area contributed by atoms with Crippen LogP contribution in [-0.4, -0.2) is 55.7 Å². The Bertz CT molecular complexity index is 1320. The predicted octanol–water partition coefficient (Wildman–Crippen LogP) is 4.09. The lowest BCUT2D eigenvalue weighted by atomic mass is 9.94. The van der Waals surface area contributed by atoms with Gasteiger partial charge in [0.15, 0.2) is 11.5 Å². The molecule has 1 atom stereocenters. The molecule has 9 heteroatoms. The van der Waals surface area contributed by atoms with E-state index in [1.54, 1.807) is 36.6 Å². The van der Waals surface area contributed by atoms with Gasteiger partial charge in [-0.15, -0.1) is 0 Å². The summed E-state index contributed by atoms with van der Waals surface area (Å²) in [7, 11) is 3.46. The number of para-hydroxylation sites is 2. The largest absolute Gasteiger partial charge is 0.493 e. The second kappa shape index (κ2) is 9.92. The van der Waals surface area contributed by atoms with Crippen LogP contribution < -0.4 is 9.47 Å². The molecule has 1 saturated heterocycles. The number of ether oxygens (including phenoxy) is 2. The highest BCUT2D eigenvalue weighted by atomic mass is 16.5. The van der Waals surface area contributed by atoms with Gasteiger partial charge in [0.25, 0.3) is 5.91 Å². The number of piperidine rings is 1. The van der Waals surface area contributed by atoms with Crippen LogP contribution in [-0.2, 0) is 7.05 Å². The number of carbonyl (C=O) groups is 1. The molecule has 5 rings (SSSR count). The van der Waals surface area contributed by atoms with E-state index in [1.807, 2.05) is 54.5 Å². The summed E-state index contributed by atoms with van der Waals surface area (Å²) in [5.41, 5.74) is 2.99. The molecule has 9 nitrogen and oxygen atoms in total. The van der Waals surface area contributed by atoms with Crippen molar-refractivity contribution in [3.8, 4) is 28.6 Å². The van der Waals surface area contributed by atoms with E-state index in [9.17, 15) is 4.79 Å². The number of likely N-dealkylation sites (tertiary alicyclic amines) is 1. The molecule has 0 bridgehead atoms. The summed E-state index contributed by atoms with van der Waals surface area (Å²) in [4.78, 5) is 28.6. The number of aryl methyl sites for hydroxylation is 1. The van der Waals surface area contributed by atoms with Crippen LogP contribution in [0.5, 0.6) is 17.4 Å². The topological polar surface area (TPSA) is 95.3 Å². The van der Waals surface area contributed by atoms with Crippen molar-refractivity contribution in [3.05, 3.63) is 78.6 Å². The van der Waals surface area contributed by atoms with Crippen LogP contribution in [0.25, 0.3) is 11.3 Å². The van der Waals surface area contributed by atoms with Gasteiger partial charge in [0, 0.05) is 56.4 Å². The predicted molar refractivity (Wildman–Crippen MR) is 129 cm³/mol. The smallest absolute Gasteiger partial charge is 0.255 e. The van der Waals surface area contributed by atoms with Crippen molar-refractivity contribution < 1.29 is 14.3 Å². The van der Waals surface area contributed by atoms with Gasteiger partial charge in [-0.25, -0.2) is 4.98 Å². The third-order valence-corrected chi connectivity index (χ3v) is 6.07. The Labute approximate surface area is 203 Å². The van der Waals surface area contributed by atoms with Crippen molar-refractivity contribution in [2.24, 2.45) is 7.05 Å². The summed E-state index contributed by atoms with van der Waals surface area (Å²) in [6.07, 6.45) is 10.3. The van der Waals surface area contributed by atoms with E-state index in [-0.39, 0.29) is 11.8 Å². The Morgan fingerprint density at radius 1 is 1.03 bits per heavy atom. The fourth-order valence-electron chi connectivity index (χ4n) is 4.31. The van der Waals surface area contributed by atoms with E-state index in [2.05, 4.69) is 20.1 Å². The molecule has 1 unspecified atom stereocenters. The van der Waals surface area contributed by atoms with Crippen LogP contribution in [0.4, 0.5) is 0 Å². The fraction of sp³-hybridized carbons (Fsp3) is 0.269. The molecule has 0 aliphatic carbocycles. The van der Waals surface area contributed by atoms with Crippen LogP contribution >= 0.6 is 0 Å². The average molecular weight is 471 g/mol. The van der Waals surface area contributed by atoms with Gasteiger partial charge >= 0.3 is 0 Å². The lowest BCUT2D eigenvalue weighted by molar-refractivity contribution is 0.0704. The summed E-state index contributed by atoms with van der Waals surface area (Å²) < 4.78 is 13.2. The maximum Gasteiger partial charge on any atom is 0.255 e. The molecule has 4 heterocycles. The Morgan fingerprint density at radius 2 is 1.86 bits per heavy atom. The number of nitrogens with zero attached hydrogens (tertiary/aromatic N) is 6. The highest BCUT2D eigenvalue weighted by molar-refractivity contribution is 5.94. The molecule has 35 heavy (non-hydrogen) atoms. The fourth-order valence-corrected chi connectivity index (χ4v) is 4.31. The van der Waals surface area contributed by atoms with Crippen molar-refractivity contribution in [1.29, 1.82) is 0 Å². The molecule has 1 amide bonds. The van der Waals surface area contributed by atoms with Crippen molar-refractivity contribution in [1.82, 2.24) is 29.6 Å². The first kappa shape index (κ1) is 22.5. The van der Waals surface area contributed by atoms with E-state index >= 15 is 0 Å². The van der Waals surface area contributed by atoms with Gasteiger partial charge in [0.05, 0.1) is 24.6 Å². The Hall–Kier alpha value is -4.27. The van der Waals surface area contributed by atoms with Crippen molar-refractivity contribution in [2.75, 3.05) is 20.2 Å². The van der Waals surface area contributed by atoms with E-state index in [4.69, 9.17) is 9.47 Å². The summed E-state index contributed by atoms with van der Waals surface area (Å²) in [6.45, 7) is 1.22. The molecule has 0 radical (unpaired) electrons. The maximum atomic E-state index is 13.3. The standard InChI is InChI=1S/C26H26N6O3/c1-31-16-20(15-30-31)21-10-9-18(14-29-21)26(33)32-13-5-6-19(17-32)24-25(28-12-11-27-24)35-23-8-4-3-7-22(23)34-2/h3-4,7-12,14-16,19H,5-6,13,17H2,1-2H3. The second-order valence-corrected chi connectivity index (χ2v) is 8.42. The minimum atomic E-state index is -0.0453. The molecule has 1 aliphatic rings. The van der Waals surface area contributed by atoms with Crippen LogP contribution in [0.2, 0.25) is 0 Å². The Balaban J connectivity index is 1.33. The molecular formula is C26H26N6O3. The van der Waals surface area contributed by atoms with Crippen LogP contribution in [0.1, 0.15) is 34.8 Å². The molecule has 0 spiro atoms. The highest BCUT2D eigenvalue weighted by Gasteiger charge is 2.29. The molecular weight excluding hydrogens is 444 g/mol. The summed E-state index contributed by atoms with van der Waals surface area (Å²) in [5.74, 6) is 1.58. The molecule has 3 aromatic heterocycles. The average Bonchev–Trinajstić information content (AvgIpc) is 3.35. The maximum absolute atomic E-state index is 13.3. The summed E-state index contributed by atoms with van der Waals surface area (Å²) >= 11 is 0. The van der Waals surface area contributed by atoms with Gasteiger partial charge in [-0.2, -0.15) is 5.10 Å². The minimum Gasteiger partial charge on any atom is -0.493 e. The van der Waals surface area contributed by atoms with Gasteiger partial charge in [-0.1, -0.05) is 12.1 Å². The van der Waals surface area contributed by atoms with Gasteiger partial charge in [0.1, 0.15) is 5.69 Å². The second-order valence-electron chi connectivity index (χ2n) is 8.42. The number of pyridine rings is 1.